The molecule has 182 valence electrons. The van der Waals surface area contributed by atoms with Crippen molar-refractivity contribution >= 4 is 29.7 Å². The summed E-state index contributed by atoms with van der Waals surface area (Å²) in [7, 11) is 0. The van der Waals surface area contributed by atoms with Crippen LogP contribution in [0.15, 0.2) is 30.3 Å². The van der Waals surface area contributed by atoms with Gasteiger partial charge in [0.2, 0.25) is 17.7 Å². The lowest BCUT2D eigenvalue weighted by Crippen LogP contribution is -2.59. The van der Waals surface area contributed by atoms with E-state index in [2.05, 4.69) is 16.0 Å². The zero-order chi connectivity index (χ0) is 25.1. The number of hydrogen-bond donors (Lipinski definition) is 7. The molecule has 0 bridgehead atoms. The van der Waals surface area contributed by atoms with Crippen molar-refractivity contribution in [2.75, 3.05) is 6.61 Å². The van der Waals surface area contributed by atoms with E-state index >= 15 is 0 Å². The van der Waals surface area contributed by atoms with Crippen molar-refractivity contribution in [1.82, 2.24) is 16.0 Å². The van der Waals surface area contributed by atoms with Crippen molar-refractivity contribution < 1.29 is 39.3 Å². The van der Waals surface area contributed by atoms with Gasteiger partial charge in [-0.1, -0.05) is 44.2 Å². The minimum absolute atomic E-state index is 0.00741. The van der Waals surface area contributed by atoms with Gasteiger partial charge in [0, 0.05) is 6.42 Å². The lowest BCUT2D eigenvalue weighted by Gasteiger charge is -2.25. The van der Waals surface area contributed by atoms with Gasteiger partial charge in [0.05, 0.1) is 19.1 Å². The van der Waals surface area contributed by atoms with E-state index in [-0.39, 0.29) is 6.42 Å². The van der Waals surface area contributed by atoms with Gasteiger partial charge in [-0.2, -0.15) is 0 Å². The number of carbonyl (C=O) groups is 5. The van der Waals surface area contributed by atoms with Crippen LogP contribution in [0, 0.1) is 5.92 Å². The highest BCUT2D eigenvalue weighted by Gasteiger charge is 2.31. The van der Waals surface area contributed by atoms with E-state index in [9.17, 15) is 34.2 Å². The minimum Gasteiger partial charge on any atom is -0.481 e. The molecule has 3 amide bonds. The molecular weight excluding hydrogens is 436 g/mol. The summed E-state index contributed by atoms with van der Waals surface area (Å²) in [5.41, 5.74) is 6.13. The Labute approximate surface area is 190 Å². The summed E-state index contributed by atoms with van der Waals surface area (Å²) < 4.78 is 0. The third-order valence-electron chi connectivity index (χ3n) is 4.69. The van der Waals surface area contributed by atoms with E-state index in [4.69, 9.17) is 10.8 Å². The summed E-state index contributed by atoms with van der Waals surface area (Å²) in [6, 6.07) is 3.24. The molecule has 1 aromatic carbocycles. The van der Waals surface area contributed by atoms with Crippen molar-refractivity contribution in [1.29, 1.82) is 0 Å². The first kappa shape index (κ1) is 27.5. The largest absolute Gasteiger partial charge is 0.481 e. The fourth-order valence-corrected chi connectivity index (χ4v) is 2.85. The molecule has 0 heterocycles. The number of nitrogens with two attached hydrogens (primary N) is 1. The van der Waals surface area contributed by atoms with Crippen LogP contribution in [0.1, 0.15) is 25.8 Å². The third-order valence-corrected chi connectivity index (χ3v) is 4.69. The van der Waals surface area contributed by atoms with Gasteiger partial charge in [0.1, 0.15) is 18.1 Å². The minimum atomic E-state index is -1.51. The number of carboxylic acid groups (broad SMARTS) is 2. The summed E-state index contributed by atoms with van der Waals surface area (Å²) in [5.74, 6) is -5.66. The Balaban J connectivity index is 3.01. The molecule has 12 nitrogen and oxygen atoms in total. The van der Waals surface area contributed by atoms with E-state index in [0.717, 1.165) is 0 Å². The van der Waals surface area contributed by atoms with E-state index < -0.39 is 72.8 Å². The summed E-state index contributed by atoms with van der Waals surface area (Å²) >= 11 is 0. The summed E-state index contributed by atoms with van der Waals surface area (Å²) in [6.07, 6.45) is -0.677. The van der Waals surface area contributed by atoms with E-state index in [1.807, 2.05) is 0 Å². The Morgan fingerprint density at radius 1 is 0.879 bits per heavy atom. The molecule has 4 atom stereocenters. The Hall–Kier alpha value is -3.51. The number of amides is 3. The van der Waals surface area contributed by atoms with Gasteiger partial charge in [-0.25, -0.2) is 4.79 Å². The molecule has 0 aromatic heterocycles. The monoisotopic (exact) mass is 466 g/mol. The zero-order valence-electron chi connectivity index (χ0n) is 18.4. The van der Waals surface area contributed by atoms with Crippen molar-refractivity contribution in [3.05, 3.63) is 35.9 Å². The molecular formula is C21H30N4O8. The van der Waals surface area contributed by atoms with Crippen molar-refractivity contribution in [2.45, 2.75) is 50.9 Å². The predicted octanol–water partition coefficient (Wildman–Crippen LogP) is -1.78. The SMILES string of the molecule is CC(C)C(NC(=O)C(Cc1ccccc1)NC(=O)C(CO)NC(=O)C(N)CC(=O)O)C(=O)O. The van der Waals surface area contributed by atoms with Crippen LogP contribution in [0.5, 0.6) is 0 Å². The molecule has 0 radical (unpaired) electrons. The molecule has 0 saturated heterocycles. The van der Waals surface area contributed by atoms with Crippen LogP contribution >= 0.6 is 0 Å². The number of rotatable bonds is 13. The molecule has 12 heteroatoms. The molecule has 1 rings (SSSR count). The lowest BCUT2D eigenvalue weighted by atomic mass is 10.0. The van der Waals surface area contributed by atoms with Gasteiger partial charge < -0.3 is 37.0 Å². The molecule has 33 heavy (non-hydrogen) atoms. The number of nitrogens with one attached hydrogen (secondary N) is 3. The van der Waals surface area contributed by atoms with Crippen LogP contribution in [-0.4, -0.2) is 75.8 Å². The molecule has 4 unspecified atom stereocenters. The first-order valence-corrected chi connectivity index (χ1v) is 10.2. The summed E-state index contributed by atoms with van der Waals surface area (Å²) in [4.78, 5) is 59.7. The number of aliphatic hydroxyl groups excluding tert-OH is 1. The maximum Gasteiger partial charge on any atom is 0.326 e. The fraction of sp³-hybridized carbons (Fsp3) is 0.476. The highest BCUT2D eigenvalue weighted by molar-refractivity contribution is 5.95. The van der Waals surface area contributed by atoms with Crippen molar-refractivity contribution in [3.8, 4) is 0 Å². The second-order valence-electron chi connectivity index (χ2n) is 7.77. The second kappa shape index (κ2) is 13.1. The molecule has 0 aliphatic rings. The fourth-order valence-electron chi connectivity index (χ4n) is 2.85. The molecule has 0 fully saturated rings. The average molecular weight is 466 g/mol. The Morgan fingerprint density at radius 3 is 1.91 bits per heavy atom. The molecule has 1 aromatic rings. The Morgan fingerprint density at radius 2 is 1.42 bits per heavy atom. The number of aliphatic hydroxyl groups is 1. The normalized spacial score (nSPS) is 14.5. The van der Waals surface area contributed by atoms with Gasteiger partial charge in [0.15, 0.2) is 0 Å². The highest BCUT2D eigenvalue weighted by atomic mass is 16.4. The van der Waals surface area contributed by atoms with E-state index in [1.165, 1.54) is 0 Å². The number of benzene rings is 1. The standard InChI is InChI=1S/C21H30N4O8/c1-11(2)17(21(32)33)25-19(30)14(8-12-6-4-3-5-7-12)23-20(31)15(10-26)24-18(29)13(22)9-16(27)28/h3-7,11,13-15,17,26H,8-10,22H2,1-2H3,(H,23,31)(H,24,29)(H,25,30)(H,27,28)(H,32,33). The highest BCUT2D eigenvalue weighted by Crippen LogP contribution is 2.07. The van der Waals surface area contributed by atoms with Gasteiger partial charge in [-0.15, -0.1) is 0 Å². The van der Waals surface area contributed by atoms with Crippen molar-refractivity contribution in [3.63, 3.8) is 0 Å². The number of aliphatic carboxylic acids is 2. The molecule has 0 aliphatic carbocycles. The topological polar surface area (TPSA) is 208 Å². The van der Waals surface area contributed by atoms with Crippen LogP contribution < -0.4 is 21.7 Å². The lowest BCUT2D eigenvalue weighted by molar-refractivity contribution is -0.143. The van der Waals surface area contributed by atoms with Gasteiger partial charge in [0.25, 0.3) is 0 Å². The van der Waals surface area contributed by atoms with Gasteiger partial charge in [-0.05, 0) is 11.5 Å². The molecule has 8 N–H and O–H groups in total. The predicted molar refractivity (Wildman–Crippen MR) is 116 cm³/mol. The number of carbonyl (C=O) groups excluding carboxylic acids is 3. The average Bonchev–Trinajstić information content (AvgIpc) is 2.74. The smallest absolute Gasteiger partial charge is 0.326 e. The number of carboxylic acids is 2. The summed E-state index contributed by atoms with van der Waals surface area (Å²) in [5, 5.41) is 34.5. The maximum atomic E-state index is 12.8. The Kier molecular flexibility index (Phi) is 11.0. The maximum absolute atomic E-state index is 12.8. The molecule has 0 saturated carbocycles. The van der Waals surface area contributed by atoms with Crippen LogP contribution in [-0.2, 0) is 30.4 Å². The van der Waals surface area contributed by atoms with Gasteiger partial charge in [-0.3, -0.25) is 19.2 Å². The zero-order valence-corrected chi connectivity index (χ0v) is 18.4. The molecule has 0 spiro atoms. The quantitative estimate of drug-likeness (QED) is 0.175. The summed E-state index contributed by atoms with van der Waals surface area (Å²) in [6.45, 7) is 2.38. The number of hydrogen-bond acceptors (Lipinski definition) is 7. The first-order valence-electron chi connectivity index (χ1n) is 10.2. The molecule has 0 aliphatic heterocycles. The van der Waals surface area contributed by atoms with Crippen LogP contribution in [0.2, 0.25) is 0 Å². The van der Waals surface area contributed by atoms with E-state index in [0.29, 0.717) is 5.56 Å². The van der Waals surface area contributed by atoms with Crippen LogP contribution in [0.3, 0.4) is 0 Å². The van der Waals surface area contributed by atoms with Crippen LogP contribution in [0.25, 0.3) is 0 Å². The first-order chi connectivity index (χ1) is 15.5. The van der Waals surface area contributed by atoms with Crippen molar-refractivity contribution in [2.24, 2.45) is 11.7 Å². The van der Waals surface area contributed by atoms with E-state index in [1.54, 1.807) is 44.2 Å². The van der Waals surface area contributed by atoms with Crippen LogP contribution in [0.4, 0.5) is 0 Å². The Bertz CT molecular complexity index is 846. The van der Waals surface area contributed by atoms with Gasteiger partial charge >= 0.3 is 11.9 Å². The third kappa shape index (κ3) is 9.25. The second-order valence-corrected chi connectivity index (χ2v) is 7.77.